The van der Waals surface area contributed by atoms with E-state index in [0.29, 0.717) is 36.0 Å². The molecule has 4 rings (SSSR count). The molecule has 0 bridgehead atoms. The number of benzene rings is 2. The Hall–Kier alpha value is -2.48. The molecule has 0 unspecified atom stereocenters. The maximum atomic E-state index is 10.5. The first kappa shape index (κ1) is 22.7. The first-order valence-electron chi connectivity index (χ1n) is 10.7. The highest BCUT2D eigenvalue weighted by Crippen LogP contribution is 2.55. The van der Waals surface area contributed by atoms with Crippen LogP contribution in [0.2, 0.25) is 0 Å². The van der Waals surface area contributed by atoms with Gasteiger partial charge in [0.25, 0.3) is 0 Å². The van der Waals surface area contributed by atoms with Crippen molar-refractivity contribution in [1.82, 2.24) is 0 Å². The summed E-state index contributed by atoms with van der Waals surface area (Å²) in [6.07, 6.45) is 0.634. The van der Waals surface area contributed by atoms with Gasteiger partial charge in [0, 0.05) is 18.4 Å². The van der Waals surface area contributed by atoms with Gasteiger partial charge < -0.3 is 33.5 Å². The van der Waals surface area contributed by atoms with E-state index in [1.54, 1.807) is 28.4 Å². The first-order chi connectivity index (χ1) is 15.3. The molecule has 0 amide bonds. The third kappa shape index (κ3) is 3.58. The van der Waals surface area contributed by atoms with Crippen molar-refractivity contribution in [2.24, 2.45) is 5.92 Å². The predicted octanol–water partition coefficient (Wildman–Crippen LogP) is 3.54. The number of rotatable bonds is 6. The van der Waals surface area contributed by atoms with E-state index in [2.05, 4.69) is 0 Å². The zero-order valence-corrected chi connectivity index (χ0v) is 19.6. The van der Waals surface area contributed by atoms with Gasteiger partial charge in [-0.25, -0.2) is 0 Å². The number of aliphatic hydroxyl groups is 1. The molecule has 2 aromatic carbocycles. The molecule has 1 saturated heterocycles. The Bertz CT molecular complexity index is 986. The van der Waals surface area contributed by atoms with Crippen LogP contribution < -0.4 is 18.9 Å². The van der Waals surface area contributed by atoms with Crippen LogP contribution in [0.1, 0.15) is 36.5 Å². The number of aliphatic hydroxyl groups excluding tert-OH is 1. The fourth-order valence-corrected chi connectivity index (χ4v) is 5.18. The molecule has 32 heavy (non-hydrogen) atoms. The molecule has 1 heterocycles. The summed E-state index contributed by atoms with van der Waals surface area (Å²) in [4.78, 5) is 0. The van der Waals surface area contributed by atoms with Crippen LogP contribution in [-0.2, 0) is 15.9 Å². The summed E-state index contributed by atoms with van der Waals surface area (Å²) in [7, 11) is 6.49. The van der Waals surface area contributed by atoms with Crippen molar-refractivity contribution in [3.63, 3.8) is 0 Å². The lowest BCUT2D eigenvalue weighted by molar-refractivity contribution is -0.182. The molecule has 174 valence electrons. The molecule has 1 aliphatic carbocycles. The molecule has 0 saturated carbocycles. The zero-order valence-electron chi connectivity index (χ0n) is 19.6. The molecule has 1 aliphatic heterocycles. The number of hydrogen-bond donors (Lipinski definition) is 1. The van der Waals surface area contributed by atoms with Gasteiger partial charge in [-0.15, -0.1) is 0 Å². The molecule has 1 fully saturated rings. The molecule has 2 aromatic rings. The van der Waals surface area contributed by atoms with Crippen LogP contribution in [0.15, 0.2) is 30.3 Å². The lowest BCUT2D eigenvalue weighted by atomic mass is 9.63. The Labute approximate surface area is 189 Å². The highest BCUT2D eigenvalue weighted by atomic mass is 16.8. The lowest BCUT2D eigenvalue weighted by Crippen LogP contribution is -2.52. The van der Waals surface area contributed by atoms with Crippen LogP contribution in [0.25, 0.3) is 0 Å². The van der Waals surface area contributed by atoms with E-state index in [4.69, 9.17) is 28.4 Å². The average molecular weight is 445 g/mol. The summed E-state index contributed by atoms with van der Waals surface area (Å²) in [5, 5.41) is 10.5. The molecular weight excluding hydrogens is 412 g/mol. The summed E-state index contributed by atoms with van der Waals surface area (Å²) < 4.78 is 34.9. The van der Waals surface area contributed by atoms with E-state index < -0.39 is 11.4 Å². The Kier molecular flexibility index (Phi) is 6.00. The van der Waals surface area contributed by atoms with E-state index in [1.165, 1.54) is 0 Å². The molecule has 0 aromatic heterocycles. The van der Waals surface area contributed by atoms with Crippen molar-refractivity contribution in [3.05, 3.63) is 47.0 Å². The van der Waals surface area contributed by atoms with Gasteiger partial charge in [0.1, 0.15) is 5.60 Å². The van der Waals surface area contributed by atoms with Crippen LogP contribution in [0.4, 0.5) is 0 Å². The minimum Gasteiger partial charge on any atom is -0.493 e. The van der Waals surface area contributed by atoms with E-state index in [9.17, 15) is 5.11 Å². The van der Waals surface area contributed by atoms with Gasteiger partial charge in [-0.3, -0.25) is 0 Å². The minimum atomic E-state index is -0.768. The predicted molar refractivity (Wildman–Crippen MR) is 119 cm³/mol. The van der Waals surface area contributed by atoms with Gasteiger partial charge in [-0.1, -0.05) is 6.07 Å². The standard InChI is InChI=1S/C25H32O7/c1-24(2)31-14-25(32-24)17(13-26)9-16-11-21(29-5)22(30-6)12-18(16)23(25)15-7-8-19(27-3)20(10-15)28-4/h7-8,10-12,17,23,26H,9,13-14H2,1-6H3/t17-,23-,25+/m0/s1. The van der Waals surface area contributed by atoms with E-state index in [1.807, 2.05) is 44.2 Å². The van der Waals surface area contributed by atoms with Crippen molar-refractivity contribution in [2.45, 2.75) is 37.6 Å². The second kappa shape index (κ2) is 8.46. The number of methoxy groups -OCH3 is 4. The Morgan fingerprint density at radius 2 is 1.53 bits per heavy atom. The van der Waals surface area contributed by atoms with Gasteiger partial charge >= 0.3 is 0 Å². The van der Waals surface area contributed by atoms with Gasteiger partial charge in [0.2, 0.25) is 0 Å². The smallest absolute Gasteiger partial charge is 0.163 e. The second-order valence-electron chi connectivity index (χ2n) is 8.78. The molecule has 1 spiro atoms. The SMILES string of the molecule is COc1ccc([C@H]2c3cc(OC)c(OC)cc3C[C@@H](CO)[C@]23COC(C)(C)O3)cc1OC. The summed E-state index contributed by atoms with van der Waals surface area (Å²) >= 11 is 0. The maximum absolute atomic E-state index is 10.5. The third-order valence-corrected chi connectivity index (χ3v) is 6.64. The van der Waals surface area contributed by atoms with Crippen molar-refractivity contribution in [1.29, 1.82) is 0 Å². The molecule has 7 heteroatoms. The molecular formula is C25H32O7. The second-order valence-corrected chi connectivity index (χ2v) is 8.78. The molecule has 7 nitrogen and oxygen atoms in total. The van der Waals surface area contributed by atoms with Crippen LogP contribution >= 0.6 is 0 Å². The summed E-state index contributed by atoms with van der Waals surface area (Å²) in [6, 6.07) is 9.90. The summed E-state index contributed by atoms with van der Waals surface area (Å²) in [6.45, 7) is 4.15. The number of ether oxygens (including phenoxy) is 6. The fourth-order valence-electron chi connectivity index (χ4n) is 5.18. The first-order valence-corrected chi connectivity index (χ1v) is 10.7. The van der Waals surface area contributed by atoms with Crippen LogP contribution in [0.3, 0.4) is 0 Å². The maximum Gasteiger partial charge on any atom is 0.163 e. The van der Waals surface area contributed by atoms with E-state index in [0.717, 1.165) is 16.7 Å². The van der Waals surface area contributed by atoms with E-state index >= 15 is 0 Å². The van der Waals surface area contributed by atoms with Crippen LogP contribution in [0, 0.1) is 5.92 Å². The summed E-state index contributed by atoms with van der Waals surface area (Å²) in [5.74, 6) is 1.41. The highest BCUT2D eigenvalue weighted by Gasteiger charge is 2.58. The molecule has 0 radical (unpaired) electrons. The highest BCUT2D eigenvalue weighted by molar-refractivity contribution is 5.56. The minimum absolute atomic E-state index is 0.0307. The third-order valence-electron chi connectivity index (χ3n) is 6.64. The zero-order chi connectivity index (χ0) is 23.1. The molecule has 3 atom stereocenters. The van der Waals surface area contributed by atoms with Gasteiger partial charge in [0.15, 0.2) is 28.8 Å². The summed E-state index contributed by atoms with van der Waals surface area (Å²) in [5.41, 5.74) is 2.36. The lowest BCUT2D eigenvalue weighted by Gasteiger charge is -2.47. The van der Waals surface area contributed by atoms with Crippen molar-refractivity contribution >= 4 is 0 Å². The topological polar surface area (TPSA) is 75.6 Å². The van der Waals surface area contributed by atoms with Crippen molar-refractivity contribution in [2.75, 3.05) is 41.7 Å². The average Bonchev–Trinajstić information content (AvgIpc) is 3.12. The van der Waals surface area contributed by atoms with Gasteiger partial charge in [0.05, 0.1) is 35.0 Å². The van der Waals surface area contributed by atoms with Crippen LogP contribution in [-0.4, -0.2) is 58.1 Å². The fraction of sp³-hybridized carbons (Fsp3) is 0.520. The van der Waals surface area contributed by atoms with E-state index in [-0.39, 0.29) is 18.4 Å². The van der Waals surface area contributed by atoms with Gasteiger partial charge in [-0.2, -0.15) is 0 Å². The van der Waals surface area contributed by atoms with Crippen molar-refractivity contribution in [3.8, 4) is 23.0 Å². The largest absolute Gasteiger partial charge is 0.493 e. The number of hydrogen-bond acceptors (Lipinski definition) is 7. The Balaban J connectivity index is 1.97. The Morgan fingerprint density at radius 1 is 0.906 bits per heavy atom. The van der Waals surface area contributed by atoms with Gasteiger partial charge in [-0.05, 0) is 61.2 Å². The van der Waals surface area contributed by atoms with Crippen molar-refractivity contribution < 1.29 is 33.5 Å². The normalized spacial score (nSPS) is 26.0. The quantitative estimate of drug-likeness (QED) is 0.730. The Morgan fingerprint density at radius 3 is 2.09 bits per heavy atom. The molecule has 1 N–H and O–H groups in total. The van der Waals surface area contributed by atoms with Crippen LogP contribution in [0.5, 0.6) is 23.0 Å². The monoisotopic (exact) mass is 444 g/mol. The number of fused-ring (bicyclic) bond motifs is 1. The molecule has 2 aliphatic rings.